The fraction of sp³-hybridized carbons (Fsp3) is 0.286. The first-order chi connectivity index (χ1) is 15.9. The number of fused-ring (bicyclic) bond motifs is 2. The van der Waals surface area contributed by atoms with Crippen LogP contribution in [0.1, 0.15) is 45.0 Å². The molecule has 5 rings (SSSR count). The Morgan fingerprint density at radius 1 is 0.971 bits per heavy atom. The zero-order valence-corrected chi connectivity index (χ0v) is 19.3. The molecule has 6 nitrogen and oxygen atoms in total. The molecule has 1 aliphatic heterocycles. The Morgan fingerprint density at radius 2 is 1.76 bits per heavy atom. The van der Waals surface area contributed by atoms with Gasteiger partial charge in [-0.1, -0.05) is 70.7 Å². The van der Waals surface area contributed by atoms with E-state index in [2.05, 4.69) is 54.9 Å². The van der Waals surface area contributed by atoms with Crippen LogP contribution in [0, 0.1) is 0 Å². The highest BCUT2D eigenvalue weighted by Crippen LogP contribution is 2.28. The summed E-state index contributed by atoms with van der Waals surface area (Å²) in [5.41, 5.74) is 5.12. The molecule has 176 valence electrons. The van der Waals surface area contributed by atoms with Crippen LogP contribution in [0.15, 0.2) is 66.7 Å². The summed E-state index contributed by atoms with van der Waals surface area (Å²) in [6.07, 6.45) is 1.03. The van der Waals surface area contributed by atoms with Gasteiger partial charge < -0.3 is 10.6 Å². The maximum atomic E-state index is 13.0. The van der Waals surface area contributed by atoms with Crippen LogP contribution in [0.5, 0.6) is 0 Å². The molecule has 0 bridgehead atoms. The molecule has 2 amide bonds. The average molecular weight is 456 g/mol. The lowest BCUT2D eigenvalue weighted by atomic mass is 9.92. The number of amides is 2. The van der Waals surface area contributed by atoms with Crippen LogP contribution < -0.4 is 16.0 Å². The molecule has 0 aliphatic carbocycles. The van der Waals surface area contributed by atoms with Crippen LogP contribution >= 0.6 is 0 Å². The third-order valence-electron chi connectivity index (χ3n) is 6.08. The molecule has 0 radical (unpaired) electrons. The van der Waals surface area contributed by atoms with Gasteiger partial charge in [0, 0.05) is 23.4 Å². The van der Waals surface area contributed by atoms with Crippen LogP contribution in [0.2, 0.25) is 0 Å². The van der Waals surface area contributed by atoms with Gasteiger partial charge in [-0.05, 0) is 47.7 Å². The molecule has 34 heavy (non-hydrogen) atoms. The third-order valence-corrected chi connectivity index (χ3v) is 6.08. The van der Waals surface area contributed by atoms with E-state index in [1.165, 1.54) is 11.1 Å². The largest absolute Gasteiger partial charge is 0.324 e. The van der Waals surface area contributed by atoms with Crippen molar-refractivity contribution < 1.29 is 4.79 Å². The predicted octanol–water partition coefficient (Wildman–Crippen LogP) is 6.25. The fourth-order valence-corrected chi connectivity index (χ4v) is 4.24. The lowest BCUT2D eigenvalue weighted by Gasteiger charge is -2.19. The highest BCUT2D eigenvalue weighted by Gasteiger charge is 2.22. The lowest BCUT2D eigenvalue weighted by molar-refractivity contribution is 0.262. The number of carbonyl (C=O) groups excluding carboxylic acids is 1. The Balaban J connectivity index is 0.00000274. The molecule has 3 N–H and O–H groups in total. The Morgan fingerprint density at radius 3 is 2.59 bits per heavy atom. The van der Waals surface area contributed by atoms with Gasteiger partial charge in [-0.3, -0.25) is 5.32 Å². The molecular weight excluding hydrogens is 422 g/mol. The average Bonchev–Trinajstić information content (AvgIpc) is 3.23. The highest BCUT2D eigenvalue weighted by atomic mass is 16.2. The number of urea groups is 1. The number of rotatable bonds is 3. The van der Waals surface area contributed by atoms with Crippen LogP contribution in [0.25, 0.3) is 16.5 Å². The molecule has 4 aromatic rings. The fourth-order valence-electron chi connectivity index (χ4n) is 4.24. The summed E-state index contributed by atoms with van der Waals surface area (Å²) in [5, 5.41) is 16.4. The highest BCUT2D eigenvalue weighted by molar-refractivity contribution is 6.06. The monoisotopic (exact) mass is 455 g/mol. The van der Waals surface area contributed by atoms with E-state index in [0.717, 1.165) is 47.4 Å². The molecule has 1 aromatic heterocycles. The number of benzene rings is 3. The molecule has 2 heterocycles. The van der Waals surface area contributed by atoms with Gasteiger partial charge in [-0.15, -0.1) is 0 Å². The van der Waals surface area contributed by atoms with Crippen molar-refractivity contribution in [3.05, 3.63) is 83.6 Å². The molecule has 0 saturated carbocycles. The molecule has 0 unspecified atom stereocenters. The molecule has 6 heteroatoms. The second kappa shape index (κ2) is 9.31. The van der Waals surface area contributed by atoms with Crippen molar-refractivity contribution in [2.45, 2.75) is 46.6 Å². The second-order valence-corrected chi connectivity index (χ2v) is 9.56. The van der Waals surface area contributed by atoms with Crippen molar-refractivity contribution in [3.8, 4) is 5.69 Å². The molecule has 0 fully saturated rings. The van der Waals surface area contributed by atoms with Gasteiger partial charge in [-0.2, -0.15) is 5.10 Å². The number of hydrogen-bond acceptors (Lipinski definition) is 3. The van der Waals surface area contributed by atoms with Crippen molar-refractivity contribution in [1.29, 1.82) is 0 Å². The van der Waals surface area contributed by atoms with E-state index in [9.17, 15) is 4.79 Å². The maximum Gasteiger partial charge on any atom is 0.324 e. The second-order valence-electron chi connectivity index (χ2n) is 9.56. The van der Waals surface area contributed by atoms with Crippen LogP contribution in [-0.4, -0.2) is 22.4 Å². The van der Waals surface area contributed by atoms with E-state index < -0.39 is 0 Å². The maximum absolute atomic E-state index is 13.0. The van der Waals surface area contributed by atoms with Crippen LogP contribution in [-0.2, 0) is 18.4 Å². The summed E-state index contributed by atoms with van der Waals surface area (Å²) >= 11 is 0. The van der Waals surface area contributed by atoms with E-state index in [-0.39, 0.29) is 18.9 Å². The first-order valence-electron chi connectivity index (χ1n) is 11.4. The minimum absolute atomic E-state index is 0. The van der Waals surface area contributed by atoms with Gasteiger partial charge in [0.15, 0.2) is 0 Å². The van der Waals surface area contributed by atoms with Crippen molar-refractivity contribution in [1.82, 2.24) is 15.1 Å². The smallest absolute Gasteiger partial charge is 0.312 e. The summed E-state index contributed by atoms with van der Waals surface area (Å²) in [5.74, 6) is 0.640. The van der Waals surface area contributed by atoms with E-state index >= 15 is 0 Å². The summed E-state index contributed by atoms with van der Waals surface area (Å²) < 4.78 is 1.83. The van der Waals surface area contributed by atoms with Gasteiger partial charge in [0.05, 0.1) is 17.1 Å². The summed E-state index contributed by atoms with van der Waals surface area (Å²) in [7, 11) is 0. The van der Waals surface area contributed by atoms with E-state index in [1.807, 2.05) is 53.2 Å². The topological polar surface area (TPSA) is 71.0 Å². The Labute approximate surface area is 201 Å². The molecule has 0 saturated heterocycles. The zero-order chi connectivity index (χ0) is 23.0. The van der Waals surface area contributed by atoms with Crippen molar-refractivity contribution in [2.75, 3.05) is 17.2 Å². The van der Waals surface area contributed by atoms with Gasteiger partial charge in [0.2, 0.25) is 0 Å². The number of nitrogens with one attached hydrogen (secondary N) is 3. The molecule has 0 spiro atoms. The minimum Gasteiger partial charge on any atom is -0.312 e. The molecule has 1 aliphatic rings. The summed E-state index contributed by atoms with van der Waals surface area (Å²) in [6.45, 7) is 8.22. The normalized spacial score (nSPS) is 13.1. The standard InChI is InChI=1S/C27H29N5O.CH4/c1-27(2,3)24-16-25(32(31-24)21-12-11-18-13-14-28-17-20(18)15-21)30-26(33)29-23-10-6-8-19-7-4-5-9-22(19)23;/h4-12,15-16,28H,13-14,17H2,1-3H3,(H2,29,30,33);1H4. The van der Waals surface area contributed by atoms with Crippen molar-refractivity contribution in [3.63, 3.8) is 0 Å². The van der Waals surface area contributed by atoms with Crippen molar-refractivity contribution in [2.24, 2.45) is 0 Å². The van der Waals surface area contributed by atoms with Gasteiger partial charge in [0.25, 0.3) is 0 Å². The molecule has 0 atom stereocenters. The summed E-state index contributed by atoms with van der Waals surface area (Å²) in [6, 6.07) is 22.0. The zero-order valence-electron chi connectivity index (χ0n) is 19.3. The van der Waals surface area contributed by atoms with Crippen LogP contribution in [0.3, 0.4) is 0 Å². The quantitative estimate of drug-likeness (QED) is 0.342. The lowest BCUT2D eigenvalue weighted by Crippen LogP contribution is -2.24. The summed E-state index contributed by atoms with van der Waals surface area (Å²) in [4.78, 5) is 13.0. The first-order valence-corrected chi connectivity index (χ1v) is 11.4. The number of aromatic nitrogens is 2. The molecular formula is C28H33N5O. The first kappa shape index (κ1) is 23.5. The van der Waals surface area contributed by atoms with Gasteiger partial charge >= 0.3 is 6.03 Å². The van der Waals surface area contributed by atoms with Gasteiger partial charge in [-0.25, -0.2) is 9.48 Å². The number of hydrogen-bond donors (Lipinski definition) is 3. The van der Waals surface area contributed by atoms with E-state index in [0.29, 0.717) is 5.82 Å². The molecule has 3 aromatic carbocycles. The Bertz CT molecular complexity index is 1330. The Hall–Kier alpha value is -3.64. The predicted molar refractivity (Wildman–Crippen MR) is 141 cm³/mol. The third kappa shape index (κ3) is 4.68. The van der Waals surface area contributed by atoms with E-state index in [1.54, 1.807) is 0 Å². The van der Waals surface area contributed by atoms with Crippen molar-refractivity contribution >= 4 is 28.3 Å². The van der Waals surface area contributed by atoms with Crippen LogP contribution in [0.4, 0.5) is 16.3 Å². The number of carbonyl (C=O) groups is 1. The van der Waals surface area contributed by atoms with Gasteiger partial charge in [0.1, 0.15) is 5.82 Å². The van der Waals surface area contributed by atoms with E-state index in [4.69, 9.17) is 5.10 Å². The SMILES string of the molecule is C.CC(C)(C)c1cc(NC(=O)Nc2cccc3ccccc23)n(-c2ccc3c(c2)CNCC3)n1. The number of anilines is 2. The minimum atomic E-state index is -0.299. The number of nitrogens with zero attached hydrogens (tertiary/aromatic N) is 2. The Kier molecular flexibility index (Phi) is 6.44.